The van der Waals surface area contributed by atoms with E-state index in [1.807, 2.05) is 30.3 Å². The molecule has 160 valence electrons. The quantitative estimate of drug-likeness (QED) is 0.504. The molecule has 0 radical (unpaired) electrons. The average molecular weight is 457 g/mol. The molecule has 0 unspecified atom stereocenters. The minimum atomic E-state index is -0.633. The van der Waals surface area contributed by atoms with Crippen molar-refractivity contribution >= 4 is 45.7 Å². The fourth-order valence-corrected chi connectivity index (χ4v) is 4.36. The molecule has 31 heavy (non-hydrogen) atoms. The van der Waals surface area contributed by atoms with Gasteiger partial charge >= 0.3 is 5.97 Å². The zero-order chi connectivity index (χ0) is 22.4. The molecular weight excluding hydrogens is 436 g/mol. The number of benzene rings is 2. The third-order valence-electron chi connectivity index (χ3n) is 4.63. The van der Waals surface area contributed by atoms with Gasteiger partial charge in [-0.25, -0.2) is 4.79 Å². The smallest absolute Gasteiger partial charge is 0.341 e. The Hall–Kier alpha value is -3.16. The Labute approximate surface area is 189 Å². The van der Waals surface area contributed by atoms with Crippen LogP contribution in [-0.4, -0.2) is 31.4 Å². The van der Waals surface area contributed by atoms with E-state index in [0.29, 0.717) is 23.4 Å². The molecule has 0 aliphatic heterocycles. The van der Waals surface area contributed by atoms with Gasteiger partial charge in [-0.05, 0) is 36.6 Å². The van der Waals surface area contributed by atoms with Crippen LogP contribution in [0.2, 0.25) is 5.02 Å². The number of thiophene rings is 1. The number of halogens is 1. The molecule has 0 aliphatic carbocycles. The van der Waals surface area contributed by atoms with Gasteiger partial charge in [0.25, 0.3) is 11.8 Å². The number of carbonyl (C=O) groups excluding carboxylic acids is 3. The largest absolute Gasteiger partial charge is 0.465 e. The lowest BCUT2D eigenvalue weighted by Gasteiger charge is -2.07. The van der Waals surface area contributed by atoms with Crippen LogP contribution in [-0.2, 0) is 11.2 Å². The molecule has 0 spiro atoms. The van der Waals surface area contributed by atoms with E-state index in [1.165, 1.54) is 7.11 Å². The summed E-state index contributed by atoms with van der Waals surface area (Å²) >= 11 is 7.12. The molecule has 0 aliphatic rings. The summed E-state index contributed by atoms with van der Waals surface area (Å²) in [7, 11) is 1.25. The number of methoxy groups -OCH3 is 1. The molecule has 0 fully saturated rings. The van der Waals surface area contributed by atoms with Gasteiger partial charge in [-0.3, -0.25) is 9.59 Å². The summed E-state index contributed by atoms with van der Waals surface area (Å²) < 4.78 is 4.86. The Bertz CT molecular complexity index is 1110. The van der Waals surface area contributed by atoms with Crippen molar-refractivity contribution in [3.8, 4) is 0 Å². The summed E-state index contributed by atoms with van der Waals surface area (Å²) in [6.07, 6.45) is 0.678. The van der Waals surface area contributed by atoms with Gasteiger partial charge in [0, 0.05) is 6.54 Å². The normalized spacial score (nSPS) is 10.4. The molecular formula is C23H21ClN2O4S. The van der Waals surface area contributed by atoms with Gasteiger partial charge in [0.1, 0.15) is 5.00 Å². The predicted octanol–water partition coefficient (Wildman–Crippen LogP) is 4.72. The lowest BCUT2D eigenvalue weighted by molar-refractivity contribution is 0.0601. The summed E-state index contributed by atoms with van der Waals surface area (Å²) in [5.74, 6) is -1.43. The fourth-order valence-electron chi connectivity index (χ4n) is 3.03. The number of hydrogen-bond donors (Lipinski definition) is 2. The summed E-state index contributed by atoms with van der Waals surface area (Å²) in [5.41, 5.74) is 1.97. The molecule has 0 saturated heterocycles. The van der Waals surface area contributed by atoms with Crippen LogP contribution in [0.15, 0.2) is 54.6 Å². The summed E-state index contributed by atoms with van der Waals surface area (Å²) in [4.78, 5) is 38.1. The number of amides is 2. The van der Waals surface area contributed by atoms with E-state index in [0.717, 1.165) is 16.9 Å². The molecule has 2 aromatic carbocycles. The van der Waals surface area contributed by atoms with Gasteiger partial charge in [0.05, 0.1) is 28.1 Å². The first-order valence-electron chi connectivity index (χ1n) is 9.52. The van der Waals surface area contributed by atoms with Crippen LogP contribution in [0.4, 0.5) is 5.00 Å². The number of carbonyl (C=O) groups is 3. The maximum absolute atomic E-state index is 12.8. The van der Waals surface area contributed by atoms with Crippen molar-refractivity contribution in [2.24, 2.45) is 0 Å². The van der Waals surface area contributed by atoms with Crippen LogP contribution in [0.1, 0.15) is 41.5 Å². The lowest BCUT2D eigenvalue weighted by Crippen LogP contribution is -2.25. The second-order valence-corrected chi connectivity index (χ2v) is 8.11. The van der Waals surface area contributed by atoms with Gasteiger partial charge in [-0.2, -0.15) is 0 Å². The third-order valence-corrected chi connectivity index (χ3v) is 6.17. The van der Waals surface area contributed by atoms with E-state index in [1.54, 1.807) is 31.2 Å². The maximum Gasteiger partial charge on any atom is 0.341 e. The molecule has 8 heteroatoms. The van der Waals surface area contributed by atoms with Crippen LogP contribution >= 0.6 is 22.9 Å². The second-order valence-electron chi connectivity index (χ2n) is 6.68. The van der Waals surface area contributed by atoms with Crippen LogP contribution in [0.5, 0.6) is 0 Å². The van der Waals surface area contributed by atoms with E-state index < -0.39 is 11.9 Å². The van der Waals surface area contributed by atoms with Crippen LogP contribution in [0, 0.1) is 6.92 Å². The monoisotopic (exact) mass is 456 g/mol. The minimum absolute atomic E-state index is 0.154. The fraction of sp³-hybridized carbons (Fsp3) is 0.174. The molecule has 0 bridgehead atoms. The standard InChI is InChI=1S/C23H21ClN2O4S/c1-14-18(23(29)30-2)22(26-20(27)16-10-6-7-11-17(16)24)31-19(14)21(28)25-13-12-15-8-4-3-5-9-15/h3-11H,12-13H2,1-2H3,(H,25,28)(H,26,27). The van der Waals surface area contributed by atoms with Crippen LogP contribution in [0.3, 0.4) is 0 Å². The Kier molecular flexibility index (Phi) is 7.44. The number of esters is 1. The van der Waals surface area contributed by atoms with Crippen molar-refractivity contribution in [1.82, 2.24) is 5.32 Å². The number of anilines is 1. The second kappa shape index (κ2) is 10.2. The molecule has 3 rings (SSSR count). The minimum Gasteiger partial charge on any atom is -0.465 e. The van der Waals surface area contributed by atoms with Gasteiger partial charge in [0.15, 0.2) is 0 Å². The van der Waals surface area contributed by atoms with Gasteiger partial charge in [0.2, 0.25) is 0 Å². The van der Waals surface area contributed by atoms with Gasteiger partial charge in [-0.1, -0.05) is 54.1 Å². The SMILES string of the molecule is COC(=O)c1c(NC(=O)c2ccccc2Cl)sc(C(=O)NCCc2ccccc2)c1C. The first-order chi connectivity index (χ1) is 14.9. The van der Waals surface area contributed by atoms with Gasteiger partial charge < -0.3 is 15.4 Å². The zero-order valence-corrected chi connectivity index (χ0v) is 18.6. The van der Waals surface area contributed by atoms with Crippen molar-refractivity contribution in [1.29, 1.82) is 0 Å². The highest BCUT2D eigenvalue weighted by Crippen LogP contribution is 2.34. The third kappa shape index (κ3) is 5.31. The van der Waals surface area contributed by atoms with Crippen LogP contribution < -0.4 is 10.6 Å². The Morgan fingerprint density at radius 2 is 1.68 bits per heavy atom. The molecule has 1 aromatic heterocycles. The highest BCUT2D eigenvalue weighted by Gasteiger charge is 2.26. The van der Waals surface area contributed by atoms with E-state index in [2.05, 4.69) is 10.6 Å². The number of ether oxygens (including phenoxy) is 1. The van der Waals surface area contributed by atoms with Gasteiger partial charge in [-0.15, -0.1) is 11.3 Å². The lowest BCUT2D eigenvalue weighted by atomic mass is 10.1. The Balaban J connectivity index is 1.80. The zero-order valence-electron chi connectivity index (χ0n) is 17.0. The maximum atomic E-state index is 12.8. The molecule has 2 amide bonds. The topological polar surface area (TPSA) is 84.5 Å². The highest BCUT2D eigenvalue weighted by molar-refractivity contribution is 7.18. The summed E-state index contributed by atoms with van der Waals surface area (Å²) in [6, 6.07) is 16.4. The van der Waals surface area contributed by atoms with Crippen molar-refractivity contribution in [2.45, 2.75) is 13.3 Å². The molecule has 0 saturated carbocycles. The average Bonchev–Trinajstić information content (AvgIpc) is 3.09. The highest BCUT2D eigenvalue weighted by atomic mass is 35.5. The first kappa shape index (κ1) is 22.5. The Morgan fingerprint density at radius 1 is 1.00 bits per heavy atom. The van der Waals surface area contributed by atoms with Crippen molar-refractivity contribution in [3.63, 3.8) is 0 Å². The number of hydrogen-bond acceptors (Lipinski definition) is 5. The molecule has 1 heterocycles. The van der Waals surface area contributed by atoms with E-state index in [9.17, 15) is 14.4 Å². The molecule has 3 aromatic rings. The van der Waals surface area contributed by atoms with Crippen molar-refractivity contribution in [3.05, 3.63) is 86.8 Å². The molecule has 2 N–H and O–H groups in total. The van der Waals surface area contributed by atoms with E-state index in [4.69, 9.17) is 16.3 Å². The predicted molar refractivity (Wildman–Crippen MR) is 122 cm³/mol. The van der Waals surface area contributed by atoms with Crippen LogP contribution in [0.25, 0.3) is 0 Å². The molecule has 0 atom stereocenters. The number of nitrogens with one attached hydrogen (secondary N) is 2. The van der Waals surface area contributed by atoms with E-state index in [-0.39, 0.29) is 27.1 Å². The summed E-state index contributed by atoms with van der Waals surface area (Å²) in [5, 5.41) is 6.08. The van der Waals surface area contributed by atoms with E-state index >= 15 is 0 Å². The first-order valence-corrected chi connectivity index (χ1v) is 10.7. The molecule has 6 nitrogen and oxygen atoms in total. The summed E-state index contributed by atoms with van der Waals surface area (Å²) in [6.45, 7) is 2.09. The van der Waals surface area contributed by atoms with Crippen molar-refractivity contribution < 1.29 is 19.1 Å². The Morgan fingerprint density at radius 3 is 2.35 bits per heavy atom. The number of rotatable bonds is 7. The van der Waals surface area contributed by atoms with Crippen molar-refractivity contribution in [2.75, 3.05) is 19.0 Å².